The topological polar surface area (TPSA) is 103 Å². The fourth-order valence-electron chi connectivity index (χ4n) is 5.36. The van der Waals surface area contributed by atoms with Crippen molar-refractivity contribution >= 4 is 46.1 Å². The SMILES string of the molecule is COC(=O)CCSc1ccc2nc(N3CCC4(CC3)Cc3ccccc3[C@H]4N[S+]([O-])C(C)(C)C)cnc2n1. The number of carbonyl (C=O) groups is 1. The number of fused-ring (bicyclic) bond motifs is 2. The van der Waals surface area contributed by atoms with Crippen LogP contribution in [-0.4, -0.2) is 56.2 Å². The zero-order chi connectivity index (χ0) is 26.9. The molecule has 1 aromatic carbocycles. The van der Waals surface area contributed by atoms with Gasteiger partial charge in [-0.15, -0.1) is 16.5 Å². The monoisotopic (exact) mass is 553 g/mol. The number of methoxy groups -OCH3 is 1. The van der Waals surface area contributed by atoms with Crippen molar-refractivity contribution in [1.82, 2.24) is 19.7 Å². The Labute approximate surface area is 231 Å². The molecule has 1 aliphatic carbocycles. The van der Waals surface area contributed by atoms with Crippen LogP contribution >= 0.6 is 11.8 Å². The van der Waals surface area contributed by atoms with E-state index in [1.165, 1.54) is 30.0 Å². The van der Waals surface area contributed by atoms with Crippen LogP contribution in [0, 0.1) is 5.41 Å². The number of esters is 1. The molecule has 202 valence electrons. The Kier molecular flexibility index (Phi) is 7.86. The lowest BCUT2D eigenvalue weighted by atomic mass is 9.73. The third-order valence-corrected chi connectivity index (χ3v) is 10.0. The molecule has 0 saturated carbocycles. The predicted molar refractivity (Wildman–Crippen MR) is 152 cm³/mol. The molecule has 1 aliphatic heterocycles. The van der Waals surface area contributed by atoms with Crippen molar-refractivity contribution in [3.05, 3.63) is 53.7 Å². The summed E-state index contributed by atoms with van der Waals surface area (Å²) in [5.41, 5.74) is 4.04. The number of anilines is 1. The van der Waals surface area contributed by atoms with Gasteiger partial charge in [-0.3, -0.25) is 4.79 Å². The van der Waals surface area contributed by atoms with Crippen molar-refractivity contribution in [2.45, 2.75) is 62.3 Å². The molecule has 0 bridgehead atoms. The summed E-state index contributed by atoms with van der Waals surface area (Å²) in [5.74, 6) is 1.24. The van der Waals surface area contributed by atoms with Crippen LogP contribution in [0.5, 0.6) is 0 Å². The Hall–Kier alpha value is -2.40. The van der Waals surface area contributed by atoms with Gasteiger partial charge < -0.3 is 14.2 Å². The third kappa shape index (κ3) is 5.64. The van der Waals surface area contributed by atoms with Crippen LogP contribution in [0.4, 0.5) is 5.82 Å². The molecule has 3 aromatic rings. The summed E-state index contributed by atoms with van der Waals surface area (Å²) in [5, 5.41) is 0.815. The second-order valence-electron chi connectivity index (χ2n) is 11.1. The van der Waals surface area contributed by atoms with Crippen molar-refractivity contribution in [3.63, 3.8) is 0 Å². The summed E-state index contributed by atoms with van der Waals surface area (Å²) in [4.78, 5) is 27.7. The van der Waals surface area contributed by atoms with Crippen LogP contribution in [0.1, 0.15) is 57.2 Å². The van der Waals surface area contributed by atoms with Crippen molar-refractivity contribution in [2.24, 2.45) is 5.41 Å². The smallest absolute Gasteiger partial charge is 0.306 e. The summed E-state index contributed by atoms with van der Waals surface area (Å²) in [6.07, 6.45) is 5.11. The van der Waals surface area contributed by atoms with E-state index in [1.54, 1.807) is 0 Å². The fourth-order valence-corrected chi connectivity index (χ4v) is 7.10. The zero-order valence-corrected chi connectivity index (χ0v) is 24.0. The summed E-state index contributed by atoms with van der Waals surface area (Å²) in [6, 6.07) is 12.5. The van der Waals surface area contributed by atoms with Gasteiger partial charge in [0.15, 0.2) is 5.65 Å². The molecule has 1 unspecified atom stereocenters. The average Bonchev–Trinajstić information content (AvgIpc) is 3.20. The van der Waals surface area contributed by atoms with Crippen molar-refractivity contribution in [1.29, 1.82) is 0 Å². The van der Waals surface area contributed by atoms with Gasteiger partial charge >= 0.3 is 5.97 Å². The van der Waals surface area contributed by atoms with Crippen LogP contribution in [0.15, 0.2) is 47.6 Å². The number of rotatable bonds is 7. The molecule has 2 aliphatic rings. The number of carbonyl (C=O) groups excluding carboxylic acids is 1. The number of thioether (sulfide) groups is 1. The summed E-state index contributed by atoms with van der Waals surface area (Å²) in [7, 11) is 1.40. The lowest BCUT2D eigenvalue weighted by molar-refractivity contribution is -0.140. The van der Waals surface area contributed by atoms with Gasteiger partial charge in [0, 0.05) is 35.6 Å². The highest BCUT2D eigenvalue weighted by Gasteiger charge is 2.50. The molecular formula is C28H35N5O3S2. The van der Waals surface area contributed by atoms with E-state index in [0.29, 0.717) is 17.8 Å². The number of aromatic nitrogens is 3. The Bertz CT molecular complexity index is 1310. The molecule has 1 saturated heterocycles. The van der Waals surface area contributed by atoms with Crippen molar-refractivity contribution < 1.29 is 14.1 Å². The van der Waals surface area contributed by atoms with E-state index in [4.69, 9.17) is 9.72 Å². The van der Waals surface area contributed by atoms with Gasteiger partial charge in [0.1, 0.15) is 16.1 Å². The lowest BCUT2D eigenvalue weighted by Gasteiger charge is -2.44. The number of hydrogen-bond acceptors (Lipinski definition) is 9. The number of pyridine rings is 1. The molecule has 1 spiro atoms. The molecule has 2 atom stereocenters. The fraction of sp³-hybridized carbons (Fsp3) is 0.500. The van der Waals surface area contributed by atoms with E-state index < -0.39 is 11.4 Å². The standard InChI is InChI=1S/C28H35N5O3S2/c1-27(2,3)38(35)32-25-20-8-6-5-7-19(20)17-28(25)12-14-33(15-13-28)22-18-29-26-21(30-22)9-10-23(31-26)37-16-11-24(34)36-4/h5-10,18,25,32H,11-17H2,1-4H3/t25-,38?/m1/s1. The molecule has 8 nitrogen and oxygen atoms in total. The minimum Gasteiger partial charge on any atom is -0.598 e. The van der Waals surface area contributed by atoms with E-state index in [2.05, 4.69) is 43.9 Å². The first-order valence-electron chi connectivity index (χ1n) is 13.0. The van der Waals surface area contributed by atoms with Gasteiger partial charge in [-0.1, -0.05) is 24.3 Å². The van der Waals surface area contributed by atoms with Crippen LogP contribution in [0.2, 0.25) is 0 Å². The molecule has 0 radical (unpaired) electrons. The largest absolute Gasteiger partial charge is 0.598 e. The molecular weight excluding hydrogens is 518 g/mol. The second-order valence-corrected chi connectivity index (χ2v) is 14.2. The Balaban J connectivity index is 1.28. The van der Waals surface area contributed by atoms with Crippen molar-refractivity contribution in [2.75, 3.05) is 30.9 Å². The lowest BCUT2D eigenvalue weighted by Crippen LogP contribution is -2.49. The van der Waals surface area contributed by atoms with E-state index in [-0.39, 0.29) is 22.2 Å². The summed E-state index contributed by atoms with van der Waals surface area (Å²) in [6.45, 7) is 7.78. The number of hydrogen-bond donors (Lipinski definition) is 1. The molecule has 3 heterocycles. The van der Waals surface area contributed by atoms with E-state index in [0.717, 1.165) is 48.7 Å². The highest BCUT2D eigenvalue weighted by Crippen LogP contribution is 2.52. The summed E-state index contributed by atoms with van der Waals surface area (Å²) < 4.78 is 21.0. The molecule has 38 heavy (non-hydrogen) atoms. The molecule has 1 fully saturated rings. The van der Waals surface area contributed by atoms with Gasteiger partial charge in [-0.2, -0.15) is 0 Å². The number of nitrogens with one attached hydrogen (secondary N) is 1. The predicted octanol–water partition coefficient (Wildman–Crippen LogP) is 4.62. The highest BCUT2D eigenvalue weighted by atomic mass is 32.2. The first kappa shape index (κ1) is 27.2. The molecule has 0 amide bonds. The molecule has 1 N–H and O–H groups in total. The highest BCUT2D eigenvalue weighted by molar-refractivity contribution is 7.99. The number of nitrogens with zero attached hydrogens (tertiary/aromatic N) is 4. The minimum atomic E-state index is -1.15. The van der Waals surface area contributed by atoms with Crippen LogP contribution in [0.3, 0.4) is 0 Å². The summed E-state index contributed by atoms with van der Waals surface area (Å²) >= 11 is 0.357. The third-order valence-electron chi connectivity index (χ3n) is 7.54. The van der Waals surface area contributed by atoms with Crippen LogP contribution in [0.25, 0.3) is 11.2 Å². The first-order valence-corrected chi connectivity index (χ1v) is 15.2. The molecule has 5 rings (SSSR count). The van der Waals surface area contributed by atoms with Gasteiger partial charge in [-0.25, -0.2) is 15.0 Å². The average molecular weight is 554 g/mol. The molecule has 2 aromatic heterocycles. The van der Waals surface area contributed by atoms with E-state index >= 15 is 0 Å². The normalized spacial score (nSPS) is 19.5. The van der Waals surface area contributed by atoms with E-state index in [9.17, 15) is 9.35 Å². The Morgan fingerprint density at radius 1 is 1.21 bits per heavy atom. The maximum Gasteiger partial charge on any atom is 0.306 e. The number of piperidine rings is 1. The number of ether oxygens (including phenoxy) is 1. The minimum absolute atomic E-state index is 0.0310. The second kappa shape index (κ2) is 11.0. The van der Waals surface area contributed by atoms with Crippen LogP contribution in [-0.2, 0) is 27.3 Å². The Morgan fingerprint density at radius 3 is 2.71 bits per heavy atom. The van der Waals surface area contributed by atoms with Gasteiger partial charge in [-0.05, 0) is 63.3 Å². The van der Waals surface area contributed by atoms with Crippen molar-refractivity contribution in [3.8, 4) is 0 Å². The van der Waals surface area contributed by atoms with Crippen LogP contribution < -0.4 is 9.62 Å². The van der Waals surface area contributed by atoms with E-state index in [1.807, 2.05) is 39.1 Å². The maximum absolute atomic E-state index is 13.1. The maximum atomic E-state index is 13.1. The van der Waals surface area contributed by atoms with Gasteiger partial charge in [0.05, 0.1) is 30.8 Å². The quantitative estimate of drug-likeness (QED) is 0.255. The van der Waals surface area contributed by atoms with Gasteiger partial charge in [0.25, 0.3) is 0 Å². The van der Waals surface area contributed by atoms with Gasteiger partial charge in [0.2, 0.25) is 0 Å². The first-order chi connectivity index (χ1) is 18.2. The zero-order valence-electron chi connectivity index (χ0n) is 22.4. The molecule has 10 heteroatoms. The number of benzene rings is 1. The Morgan fingerprint density at radius 2 is 1.97 bits per heavy atom.